The maximum atomic E-state index is 10.9. The van der Waals surface area contributed by atoms with Crippen molar-refractivity contribution in [2.24, 2.45) is 17.8 Å². The van der Waals surface area contributed by atoms with Crippen molar-refractivity contribution in [2.45, 2.75) is 64.6 Å². The Morgan fingerprint density at radius 1 is 1.35 bits per heavy atom. The first-order valence-corrected chi connectivity index (χ1v) is 7.90. The van der Waals surface area contributed by atoms with Crippen LogP contribution in [0.1, 0.15) is 53.4 Å². The second-order valence-electron chi connectivity index (χ2n) is 7.23. The zero-order valence-electron chi connectivity index (χ0n) is 13.1. The monoisotopic (exact) mass is 278 g/mol. The van der Waals surface area contributed by atoms with Crippen molar-refractivity contribution in [1.82, 2.24) is 0 Å². The molecule has 0 radical (unpaired) electrons. The first-order chi connectivity index (χ1) is 9.39. The topological polar surface area (TPSA) is 38.8 Å². The van der Waals surface area contributed by atoms with Gasteiger partial charge in [0, 0.05) is 12.8 Å². The van der Waals surface area contributed by atoms with E-state index >= 15 is 0 Å². The van der Waals surface area contributed by atoms with E-state index in [1.165, 1.54) is 32.6 Å². The van der Waals surface area contributed by atoms with Gasteiger partial charge in [-0.15, -0.1) is 0 Å². The van der Waals surface area contributed by atoms with Gasteiger partial charge in [0.2, 0.25) is 0 Å². The summed E-state index contributed by atoms with van der Waals surface area (Å²) < 4.78 is 11.4. The van der Waals surface area contributed by atoms with Crippen molar-refractivity contribution in [2.75, 3.05) is 6.61 Å². The highest BCUT2D eigenvalue weighted by atomic mass is 16.6. The van der Waals surface area contributed by atoms with Crippen LogP contribution >= 0.6 is 0 Å². The van der Waals surface area contributed by atoms with Crippen molar-refractivity contribution in [3.8, 4) is 0 Å². The van der Waals surface area contributed by atoms with Crippen molar-refractivity contribution in [1.29, 1.82) is 0 Å². The van der Waals surface area contributed by atoms with E-state index in [-0.39, 0.29) is 17.2 Å². The van der Waals surface area contributed by atoms with E-state index in [9.17, 15) is 4.79 Å². The third kappa shape index (κ3) is 1.93. The van der Waals surface area contributed by atoms with Gasteiger partial charge in [0.05, 0.1) is 5.60 Å². The van der Waals surface area contributed by atoms with Crippen LogP contribution in [0.4, 0.5) is 0 Å². The van der Waals surface area contributed by atoms with E-state index in [1.807, 2.05) is 0 Å². The van der Waals surface area contributed by atoms with E-state index in [1.54, 1.807) is 0 Å². The number of carbonyl (C=O) groups is 1. The van der Waals surface area contributed by atoms with Crippen LogP contribution in [0.15, 0.2) is 11.6 Å². The fraction of sp³-hybridized carbons (Fsp3) is 0.824. The Balaban J connectivity index is 1.77. The van der Waals surface area contributed by atoms with Gasteiger partial charge in [-0.1, -0.05) is 13.0 Å². The number of rotatable bonds is 3. The molecule has 0 N–H and O–H groups in total. The van der Waals surface area contributed by atoms with Crippen molar-refractivity contribution in [3.63, 3.8) is 0 Å². The van der Waals surface area contributed by atoms with Gasteiger partial charge in [-0.2, -0.15) is 0 Å². The second-order valence-corrected chi connectivity index (χ2v) is 7.23. The van der Waals surface area contributed by atoms with Gasteiger partial charge < -0.3 is 9.47 Å². The Labute approximate surface area is 121 Å². The lowest BCUT2D eigenvalue weighted by atomic mass is 9.65. The first-order valence-electron chi connectivity index (χ1n) is 7.90. The number of hydrogen-bond donors (Lipinski definition) is 0. The number of hydrogen-bond acceptors (Lipinski definition) is 3. The van der Waals surface area contributed by atoms with Crippen LogP contribution in [0.2, 0.25) is 0 Å². The predicted molar refractivity (Wildman–Crippen MR) is 77.2 cm³/mol. The quantitative estimate of drug-likeness (QED) is 0.451. The molecule has 0 bridgehead atoms. The van der Waals surface area contributed by atoms with E-state index in [0.717, 1.165) is 11.5 Å². The predicted octanol–water partition coefficient (Wildman–Crippen LogP) is 3.48. The Morgan fingerprint density at radius 2 is 2.10 bits per heavy atom. The Morgan fingerprint density at radius 3 is 2.75 bits per heavy atom. The molecule has 3 rings (SSSR count). The lowest BCUT2D eigenvalue weighted by Crippen LogP contribution is -2.41. The van der Waals surface area contributed by atoms with Crippen molar-refractivity contribution in [3.05, 3.63) is 11.6 Å². The zero-order valence-corrected chi connectivity index (χ0v) is 13.1. The summed E-state index contributed by atoms with van der Waals surface area (Å²) in [5.74, 6) is 1.77. The van der Waals surface area contributed by atoms with Gasteiger partial charge in [-0.25, -0.2) is 0 Å². The van der Waals surface area contributed by atoms with Gasteiger partial charge in [0.1, 0.15) is 12.2 Å². The molecule has 3 nitrogen and oxygen atoms in total. The third-order valence-corrected chi connectivity index (χ3v) is 5.82. The first kappa shape index (κ1) is 14.1. The molecular weight excluding hydrogens is 252 g/mol. The van der Waals surface area contributed by atoms with Crippen molar-refractivity contribution < 1.29 is 14.3 Å². The highest BCUT2D eigenvalue weighted by Crippen LogP contribution is 2.70. The fourth-order valence-corrected chi connectivity index (χ4v) is 4.83. The van der Waals surface area contributed by atoms with Crippen LogP contribution in [0.5, 0.6) is 0 Å². The van der Waals surface area contributed by atoms with E-state index in [4.69, 9.17) is 9.47 Å². The summed E-state index contributed by atoms with van der Waals surface area (Å²) in [6, 6.07) is 0. The molecule has 0 aromatic rings. The average Bonchev–Trinajstić information content (AvgIpc) is 2.87. The van der Waals surface area contributed by atoms with Crippen LogP contribution < -0.4 is 0 Å². The molecule has 20 heavy (non-hydrogen) atoms. The van der Waals surface area contributed by atoms with E-state index in [0.29, 0.717) is 18.4 Å². The normalized spacial score (nSPS) is 46.6. The molecule has 1 saturated heterocycles. The van der Waals surface area contributed by atoms with Crippen LogP contribution in [0.3, 0.4) is 0 Å². The van der Waals surface area contributed by atoms with Gasteiger partial charge in [-0.3, -0.25) is 4.79 Å². The van der Waals surface area contributed by atoms with Crippen LogP contribution in [0, 0.1) is 17.8 Å². The van der Waals surface area contributed by atoms with Crippen molar-refractivity contribution >= 4 is 5.97 Å². The molecular formula is C17H26O3. The summed E-state index contributed by atoms with van der Waals surface area (Å²) in [7, 11) is 0. The molecule has 1 heterocycles. The summed E-state index contributed by atoms with van der Waals surface area (Å²) in [5, 5.41) is 0. The summed E-state index contributed by atoms with van der Waals surface area (Å²) in [6.07, 6.45) is 7.32. The largest absolute Gasteiger partial charge is 0.461 e. The average molecular weight is 278 g/mol. The molecule has 112 valence electrons. The fourth-order valence-electron chi connectivity index (χ4n) is 4.83. The molecule has 3 fully saturated rings. The Kier molecular flexibility index (Phi) is 3.24. The molecule has 3 aliphatic rings. The number of epoxide rings is 1. The zero-order chi connectivity index (χ0) is 14.5. The molecule has 0 unspecified atom stereocenters. The van der Waals surface area contributed by atoms with Gasteiger partial charge in [0.15, 0.2) is 0 Å². The summed E-state index contributed by atoms with van der Waals surface area (Å²) in [4.78, 5) is 10.9. The highest BCUT2D eigenvalue weighted by molar-refractivity contribution is 5.66. The number of esters is 1. The maximum Gasteiger partial charge on any atom is 0.302 e. The minimum Gasteiger partial charge on any atom is -0.461 e. The minimum atomic E-state index is -0.209. The molecule has 3 heteroatoms. The molecule has 1 spiro atoms. The summed E-state index contributed by atoms with van der Waals surface area (Å²) in [6.45, 7) is 8.60. The molecule has 0 aromatic heterocycles. The maximum absolute atomic E-state index is 10.9. The van der Waals surface area contributed by atoms with Crippen LogP contribution in [0.25, 0.3) is 0 Å². The number of carbonyl (C=O) groups excluding carboxylic acids is 1. The highest BCUT2D eigenvalue weighted by Gasteiger charge is 2.77. The molecule has 2 saturated carbocycles. The van der Waals surface area contributed by atoms with Gasteiger partial charge >= 0.3 is 5.97 Å². The lowest BCUT2D eigenvalue weighted by molar-refractivity contribution is -0.139. The van der Waals surface area contributed by atoms with Crippen LogP contribution in [-0.2, 0) is 14.3 Å². The molecule has 5 atom stereocenters. The van der Waals surface area contributed by atoms with E-state index in [2.05, 4.69) is 26.8 Å². The standard InChI is InChI=1S/C17H26O3/c1-11(10-19-13(3)18)9-14-6-5-12(2)15-7-8-16(4)17(14,15)20-16/h9,12,14-15H,5-8,10H2,1-4H3/b11-9+/t12-,14+,15-,16+,17-/m1/s1. The lowest BCUT2D eigenvalue weighted by Gasteiger charge is -2.38. The number of ether oxygens (including phenoxy) is 2. The summed E-state index contributed by atoms with van der Waals surface area (Å²) >= 11 is 0. The van der Waals surface area contributed by atoms with Gasteiger partial charge in [-0.05, 0) is 56.9 Å². The summed E-state index contributed by atoms with van der Waals surface area (Å²) in [5.41, 5.74) is 1.34. The Hall–Kier alpha value is -0.830. The minimum absolute atomic E-state index is 0.0855. The van der Waals surface area contributed by atoms with Crippen LogP contribution in [-0.4, -0.2) is 23.8 Å². The van der Waals surface area contributed by atoms with E-state index < -0.39 is 0 Å². The third-order valence-electron chi connectivity index (χ3n) is 5.82. The Bertz CT molecular complexity index is 455. The smallest absolute Gasteiger partial charge is 0.302 e. The molecule has 0 amide bonds. The molecule has 0 aromatic carbocycles. The second kappa shape index (κ2) is 4.59. The molecule has 1 aliphatic heterocycles. The SMILES string of the molecule is CC(=O)OC/C(C)=C/[C@@H]1CC[C@@H](C)[C@H]2CC[C@]3(C)O[C@]123. The molecule has 2 aliphatic carbocycles. The van der Waals surface area contributed by atoms with Gasteiger partial charge in [0.25, 0.3) is 0 Å².